The molecule has 0 saturated heterocycles. The molecule has 0 unspecified atom stereocenters. The number of phosphoric ester groups is 1. The molecule has 0 aliphatic rings. The van der Waals surface area contributed by atoms with Crippen molar-refractivity contribution >= 4 is 19.4 Å². The third-order valence-electron chi connectivity index (χ3n) is 2.20. The maximum atomic E-state index is 11.8. The van der Waals surface area contributed by atoms with Crippen LogP contribution < -0.4 is 5.73 Å². The molecule has 112 valence electrons. The van der Waals surface area contributed by atoms with Crippen LogP contribution in [-0.4, -0.2) is 36.8 Å². The Morgan fingerprint density at radius 2 is 2.25 bits per heavy atom. The van der Waals surface area contributed by atoms with Gasteiger partial charge in [-0.25, -0.2) is 4.57 Å². The molecule has 0 saturated carbocycles. The van der Waals surface area contributed by atoms with Crippen LogP contribution in [0.1, 0.15) is 23.3 Å². The summed E-state index contributed by atoms with van der Waals surface area (Å²) in [5.74, 6) is -1.10. The van der Waals surface area contributed by atoms with E-state index in [1.807, 2.05) is 0 Å². The van der Waals surface area contributed by atoms with Gasteiger partial charge in [-0.05, 0) is 17.9 Å². The summed E-state index contributed by atoms with van der Waals surface area (Å²) in [5, 5.41) is 14.0. The van der Waals surface area contributed by atoms with Crippen molar-refractivity contribution < 1.29 is 28.6 Å². The van der Waals surface area contributed by atoms with E-state index in [4.69, 9.17) is 15.5 Å². The summed E-state index contributed by atoms with van der Waals surface area (Å²) in [5.41, 5.74) is 5.08. The lowest BCUT2D eigenvalue weighted by atomic mass is 10.1. The van der Waals surface area contributed by atoms with Crippen LogP contribution in [0.4, 0.5) is 5.82 Å². The molecule has 1 aromatic rings. The van der Waals surface area contributed by atoms with Gasteiger partial charge in [0, 0.05) is 6.42 Å². The van der Waals surface area contributed by atoms with Gasteiger partial charge in [-0.2, -0.15) is 0 Å². The quantitative estimate of drug-likeness (QED) is 0.254. The first-order chi connectivity index (χ1) is 9.24. The van der Waals surface area contributed by atoms with Crippen LogP contribution in [0.3, 0.4) is 0 Å². The molecule has 1 heterocycles. The second kappa shape index (κ2) is 6.68. The molecule has 11 nitrogen and oxygen atoms in total. The first-order valence-corrected chi connectivity index (χ1v) is 6.93. The number of carbonyl (C=O) groups excluding carboxylic acids is 1. The van der Waals surface area contributed by atoms with E-state index in [1.54, 1.807) is 0 Å². The van der Waals surface area contributed by atoms with Crippen molar-refractivity contribution in [1.29, 1.82) is 0 Å². The number of ketones is 1. The number of aromatic nitrogens is 2. The first-order valence-electron chi connectivity index (χ1n) is 5.40. The molecule has 0 amide bonds. The summed E-state index contributed by atoms with van der Waals surface area (Å²) in [4.78, 5) is 38.7. The maximum Gasteiger partial charge on any atom is 0.471 e. The molecule has 1 aromatic heterocycles. The Bertz CT molecular complexity index is 551. The average Bonchev–Trinajstić information content (AvgIpc) is 2.77. The highest BCUT2D eigenvalue weighted by atomic mass is 31.2. The Kier molecular flexibility index (Phi) is 5.48. The van der Waals surface area contributed by atoms with E-state index >= 15 is 0 Å². The smallest absolute Gasteiger partial charge is 0.358 e. The number of hydrogen-bond acceptors (Lipinski definition) is 7. The molecule has 0 spiro atoms. The van der Waals surface area contributed by atoms with Crippen LogP contribution in [0.2, 0.25) is 0 Å². The minimum absolute atomic E-state index is 0.0370. The van der Waals surface area contributed by atoms with Crippen molar-refractivity contribution in [3.8, 4) is 0 Å². The van der Waals surface area contributed by atoms with Crippen LogP contribution in [-0.2, 0) is 15.8 Å². The summed E-state index contributed by atoms with van der Waals surface area (Å²) in [6.45, 7) is -0.511. The second-order valence-corrected chi connectivity index (χ2v) is 4.95. The lowest BCUT2D eigenvalue weighted by molar-refractivity contribution is -0.389. The number of nitrogens with two attached hydrogens (primary N) is 1. The highest BCUT2D eigenvalue weighted by molar-refractivity contribution is 7.46. The van der Waals surface area contributed by atoms with Crippen molar-refractivity contribution in [3.05, 3.63) is 21.9 Å². The lowest BCUT2D eigenvalue weighted by Gasteiger charge is -2.05. The van der Waals surface area contributed by atoms with E-state index in [2.05, 4.69) is 9.62 Å². The molecular weight excluding hydrogens is 295 g/mol. The highest BCUT2D eigenvalue weighted by Crippen LogP contribution is 2.36. The van der Waals surface area contributed by atoms with Crippen LogP contribution in [0.15, 0.2) is 6.07 Å². The maximum absolute atomic E-state index is 11.8. The molecule has 0 aliphatic heterocycles. The summed E-state index contributed by atoms with van der Waals surface area (Å²) in [6.07, 6.45) is 0.409. The van der Waals surface area contributed by atoms with Gasteiger partial charge >= 0.3 is 13.6 Å². The SMILES string of the molecule is NCCCC(=O)c1cc([N+](=O)[O-])nn1COP(=O)(O)O. The van der Waals surface area contributed by atoms with Crippen LogP contribution in [0.5, 0.6) is 0 Å². The van der Waals surface area contributed by atoms with E-state index in [0.29, 0.717) is 6.42 Å². The Labute approximate surface area is 112 Å². The van der Waals surface area contributed by atoms with Gasteiger partial charge in [-0.3, -0.25) is 9.32 Å². The van der Waals surface area contributed by atoms with Gasteiger partial charge in [0.25, 0.3) is 0 Å². The number of phosphoric acid groups is 1. The summed E-state index contributed by atoms with van der Waals surface area (Å²) in [6, 6.07) is 0.919. The van der Waals surface area contributed by atoms with Crippen molar-refractivity contribution in [2.24, 2.45) is 5.73 Å². The highest BCUT2D eigenvalue weighted by Gasteiger charge is 2.25. The van der Waals surface area contributed by atoms with Gasteiger partial charge in [-0.1, -0.05) is 0 Å². The topological polar surface area (TPSA) is 171 Å². The zero-order valence-corrected chi connectivity index (χ0v) is 11.1. The Morgan fingerprint density at radius 3 is 2.75 bits per heavy atom. The zero-order chi connectivity index (χ0) is 15.3. The lowest BCUT2D eigenvalue weighted by Crippen LogP contribution is -2.13. The van der Waals surface area contributed by atoms with Gasteiger partial charge in [0.15, 0.2) is 12.5 Å². The van der Waals surface area contributed by atoms with Crippen molar-refractivity contribution in [2.75, 3.05) is 6.54 Å². The first kappa shape index (κ1) is 16.4. The van der Waals surface area contributed by atoms with Gasteiger partial charge < -0.3 is 25.6 Å². The average molecular weight is 308 g/mol. The fourth-order valence-electron chi connectivity index (χ4n) is 1.34. The molecule has 4 N–H and O–H groups in total. The molecule has 12 heteroatoms. The molecule has 0 radical (unpaired) electrons. The van der Waals surface area contributed by atoms with Gasteiger partial charge in [0.2, 0.25) is 0 Å². The molecule has 20 heavy (non-hydrogen) atoms. The molecule has 0 aromatic carbocycles. The Morgan fingerprint density at radius 1 is 1.60 bits per heavy atom. The second-order valence-electron chi connectivity index (χ2n) is 3.71. The number of carbonyl (C=O) groups is 1. The molecule has 0 fully saturated rings. The van der Waals surface area contributed by atoms with E-state index in [0.717, 1.165) is 10.7 Å². The monoisotopic (exact) mass is 308 g/mol. The van der Waals surface area contributed by atoms with Crippen molar-refractivity contribution in [3.63, 3.8) is 0 Å². The number of Topliss-reactive ketones (excluding diaryl/α,β-unsaturated/α-hetero) is 1. The molecule has 0 atom stereocenters. The third kappa shape index (κ3) is 4.79. The van der Waals surface area contributed by atoms with E-state index in [1.165, 1.54) is 0 Å². The largest absolute Gasteiger partial charge is 0.471 e. The minimum atomic E-state index is -4.78. The predicted octanol–water partition coefficient (Wildman–Crippen LogP) is -0.220. The fraction of sp³-hybridized carbons (Fsp3) is 0.500. The van der Waals surface area contributed by atoms with Gasteiger partial charge in [-0.15, -0.1) is 4.68 Å². The van der Waals surface area contributed by atoms with E-state index < -0.39 is 31.1 Å². The van der Waals surface area contributed by atoms with Crippen molar-refractivity contribution in [1.82, 2.24) is 9.78 Å². The summed E-state index contributed by atoms with van der Waals surface area (Å²) in [7, 11) is -4.78. The molecule has 0 aliphatic carbocycles. The normalized spacial score (nSPS) is 11.6. The van der Waals surface area contributed by atoms with Gasteiger partial charge in [0.1, 0.15) is 5.69 Å². The summed E-state index contributed by atoms with van der Waals surface area (Å²) < 4.78 is 15.5. The third-order valence-corrected chi connectivity index (χ3v) is 2.65. The molecular formula is C8H13N4O7P. The Balaban J connectivity index is 2.97. The number of rotatable bonds is 8. The van der Waals surface area contributed by atoms with Crippen LogP contribution in [0, 0.1) is 10.1 Å². The molecule has 1 rings (SSSR count). The summed E-state index contributed by atoms with van der Waals surface area (Å²) >= 11 is 0. The van der Waals surface area contributed by atoms with E-state index in [-0.39, 0.29) is 18.7 Å². The molecule has 0 bridgehead atoms. The minimum Gasteiger partial charge on any atom is -0.358 e. The predicted molar refractivity (Wildman–Crippen MR) is 64.6 cm³/mol. The van der Waals surface area contributed by atoms with Crippen LogP contribution >= 0.6 is 7.82 Å². The van der Waals surface area contributed by atoms with E-state index in [9.17, 15) is 19.5 Å². The van der Waals surface area contributed by atoms with Crippen LogP contribution in [0.25, 0.3) is 0 Å². The number of nitro groups is 1. The standard InChI is InChI=1S/C8H13N4O7P/c9-3-1-2-7(13)6-4-8(12(14)15)10-11(6)5-19-20(16,17)18/h4H,1-3,5,9H2,(H2,16,17,18). The fourth-order valence-corrected chi connectivity index (χ4v) is 1.60. The van der Waals surface area contributed by atoms with Gasteiger partial charge in [0.05, 0.1) is 11.2 Å². The number of nitrogens with zero attached hydrogens (tertiary/aromatic N) is 3. The van der Waals surface area contributed by atoms with Crippen molar-refractivity contribution in [2.45, 2.75) is 19.6 Å². The number of hydrogen-bond donors (Lipinski definition) is 3. The zero-order valence-electron chi connectivity index (χ0n) is 10.2. The Hall–Kier alpha value is -1.65.